The van der Waals surface area contributed by atoms with Crippen LogP contribution in [0.5, 0.6) is 0 Å². The third kappa shape index (κ3) is 4.25. The van der Waals surface area contributed by atoms with Crippen molar-refractivity contribution in [3.8, 4) is 0 Å². The van der Waals surface area contributed by atoms with Crippen LogP contribution in [-0.2, 0) is 9.47 Å². The summed E-state index contributed by atoms with van der Waals surface area (Å²) in [5.41, 5.74) is 0. The third-order valence-electron chi connectivity index (χ3n) is 5.25. The van der Waals surface area contributed by atoms with E-state index < -0.39 is 0 Å². The molecular formula is C19H29N7O2. The molecule has 3 unspecified atom stereocenters. The summed E-state index contributed by atoms with van der Waals surface area (Å²) in [4.78, 5) is 15.8. The Morgan fingerprint density at radius 2 is 2.14 bits per heavy atom. The van der Waals surface area contributed by atoms with E-state index in [0.29, 0.717) is 30.8 Å². The molecule has 2 fully saturated rings. The molecule has 2 aromatic rings. The van der Waals surface area contributed by atoms with Gasteiger partial charge in [0.25, 0.3) is 0 Å². The predicted octanol–water partition coefficient (Wildman–Crippen LogP) is 2.10. The van der Waals surface area contributed by atoms with Crippen molar-refractivity contribution in [3.63, 3.8) is 0 Å². The zero-order valence-corrected chi connectivity index (χ0v) is 16.8. The number of aryl methyl sites for hydroxylation is 1. The first-order valence-corrected chi connectivity index (χ1v) is 10.1. The molecule has 152 valence electrons. The van der Waals surface area contributed by atoms with E-state index in [0.717, 1.165) is 37.6 Å². The van der Waals surface area contributed by atoms with Crippen LogP contribution in [-0.4, -0.2) is 63.6 Å². The number of aromatic amines is 1. The molecule has 3 atom stereocenters. The van der Waals surface area contributed by atoms with Gasteiger partial charge in [-0.05, 0) is 31.7 Å². The SMILES string of the molecule is Cc1nc(C2CN(c3nccc(NC4CCCOC4C(C)C)n3)CCO2)n[nH]1. The van der Waals surface area contributed by atoms with E-state index in [-0.39, 0.29) is 18.2 Å². The van der Waals surface area contributed by atoms with Crippen molar-refractivity contribution in [3.05, 3.63) is 23.9 Å². The minimum Gasteiger partial charge on any atom is -0.376 e. The van der Waals surface area contributed by atoms with Crippen LogP contribution in [0.4, 0.5) is 11.8 Å². The normalized spacial score (nSPS) is 25.9. The highest BCUT2D eigenvalue weighted by atomic mass is 16.5. The van der Waals surface area contributed by atoms with Gasteiger partial charge in [-0.3, -0.25) is 5.10 Å². The zero-order chi connectivity index (χ0) is 19.5. The van der Waals surface area contributed by atoms with E-state index in [9.17, 15) is 0 Å². The van der Waals surface area contributed by atoms with Gasteiger partial charge in [0, 0.05) is 19.3 Å². The van der Waals surface area contributed by atoms with Crippen molar-refractivity contribution in [2.75, 3.05) is 36.5 Å². The minimum atomic E-state index is -0.184. The fourth-order valence-corrected chi connectivity index (χ4v) is 3.88. The van der Waals surface area contributed by atoms with Crippen LogP contribution in [0.25, 0.3) is 0 Å². The van der Waals surface area contributed by atoms with Gasteiger partial charge in [0.15, 0.2) is 5.82 Å². The number of nitrogens with one attached hydrogen (secondary N) is 2. The van der Waals surface area contributed by atoms with Gasteiger partial charge in [-0.25, -0.2) is 9.97 Å². The lowest BCUT2D eigenvalue weighted by atomic mass is 9.94. The largest absolute Gasteiger partial charge is 0.376 e. The number of rotatable bonds is 5. The summed E-state index contributed by atoms with van der Waals surface area (Å²) in [6, 6.07) is 2.19. The van der Waals surface area contributed by atoms with Crippen LogP contribution in [0.1, 0.15) is 44.4 Å². The summed E-state index contributed by atoms with van der Waals surface area (Å²) < 4.78 is 11.8. The lowest BCUT2D eigenvalue weighted by molar-refractivity contribution is -0.0203. The smallest absolute Gasteiger partial charge is 0.227 e. The van der Waals surface area contributed by atoms with E-state index in [4.69, 9.17) is 14.5 Å². The molecule has 4 rings (SSSR count). The van der Waals surface area contributed by atoms with Gasteiger partial charge >= 0.3 is 0 Å². The highest BCUT2D eigenvalue weighted by Gasteiger charge is 2.30. The average Bonchev–Trinajstić information content (AvgIpc) is 3.15. The van der Waals surface area contributed by atoms with Crippen molar-refractivity contribution in [1.29, 1.82) is 0 Å². The number of hydrogen-bond donors (Lipinski definition) is 2. The molecule has 0 amide bonds. The second kappa shape index (κ2) is 8.40. The summed E-state index contributed by atoms with van der Waals surface area (Å²) >= 11 is 0. The van der Waals surface area contributed by atoms with E-state index in [1.807, 2.05) is 13.0 Å². The Bertz CT molecular complexity index is 781. The Morgan fingerprint density at radius 3 is 2.93 bits per heavy atom. The molecule has 2 aliphatic heterocycles. The van der Waals surface area contributed by atoms with Crippen LogP contribution in [0.2, 0.25) is 0 Å². The van der Waals surface area contributed by atoms with Gasteiger partial charge in [0.1, 0.15) is 17.7 Å². The molecule has 0 aliphatic carbocycles. The van der Waals surface area contributed by atoms with Crippen molar-refractivity contribution in [2.24, 2.45) is 5.92 Å². The molecule has 2 aromatic heterocycles. The molecule has 0 radical (unpaired) electrons. The lowest BCUT2D eigenvalue weighted by Gasteiger charge is -2.35. The fourth-order valence-electron chi connectivity index (χ4n) is 3.88. The number of anilines is 2. The van der Waals surface area contributed by atoms with Gasteiger partial charge < -0.3 is 19.7 Å². The minimum absolute atomic E-state index is 0.184. The maximum absolute atomic E-state index is 5.99. The Morgan fingerprint density at radius 1 is 1.25 bits per heavy atom. The molecule has 2 N–H and O–H groups in total. The van der Waals surface area contributed by atoms with Gasteiger partial charge in [-0.2, -0.15) is 10.1 Å². The van der Waals surface area contributed by atoms with Crippen LogP contribution >= 0.6 is 0 Å². The standard InChI is InChI=1S/C19H29N7O2/c1-12(2)17-14(5-4-9-28-17)22-16-6-7-20-19(23-16)26-8-10-27-15(11-26)18-21-13(3)24-25-18/h6-7,12,14-15,17H,4-5,8-11H2,1-3H3,(H,20,22,23)(H,21,24,25). The monoisotopic (exact) mass is 387 g/mol. The first-order valence-electron chi connectivity index (χ1n) is 10.1. The Labute approximate surface area is 165 Å². The van der Waals surface area contributed by atoms with E-state index in [1.165, 1.54) is 0 Å². The van der Waals surface area contributed by atoms with Crippen molar-refractivity contribution >= 4 is 11.8 Å². The topological polar surface area (TPSA) is 101 Å². The van der Waals surface area contributed by atoms with Crippen molar-refractivity contribution in [1.82, 2.24) is 25.1 Å². The summed E-state index contributed by atoms with van der Waals surface area (Å²) in [5, 5.41) is 10.7. The Kier molecular flexibility index (Phi) is 5.72. The molecule has 9 nitrogen and oxygen atoms in total. The number of H-pyrrole nitrogens is 1. The molecular weight excluding hydrogens is 358 g/mol. The zero-order valence-electron chi connectivity index (χ0n) is 16.8. The summed E-state index contributed by atoms with van der Waals surface area (Å²) in [7, 11) is 0. The summed E-state index contributed by atoms with van der Waals surface area (Å²) in [6.45, 7) is 9.09. The lowest BCUT2D eigenvalue weighted by Crippen LogP contribution is -2.43. The molecule has 0 spiro atoms. The maximum Gasteiger partial charge on any atom is 0.227 e. The summed E-state index contributed by atoms with van der Waals surface area (Å²) in [5.74, 6) is 3.46. The van der Waals surface area contributed by atoms with Crippen LogP contribution < -0.4 is 10.2 Å². The molecule has 2 saturated heterocycles. The highest BCUT2D eigenvalue weighted by Crippen LogP contribution is 2.25. The second-order valence-corrected chi connectivity index (χ2v) is 7.80. The third-order valence-corrected chi connectivity index (χ3v) is 5.25. The highest BCUT2D eigenvalue weighted by molar-refractivity contribution is 5.42. The van der Waals surface area contributed by atoms with Crippen LogP contribution in [0.15, 0.2) is 12.3 Å². The van der Waals surface area contributed by atoms with Gasteiger partial charge in [-0.1, -0.05) is 13.8 Å². The molecule has 2 aliphatic rings. The second-order valence-electron chi connectivity index (χ2n) is 7.80. The van der Waals surface area contributed by atoms with Gasteiger partial charge in [-0.15, -0.1) is 0 Å². The quantitative estimate of drug-likeness (QED) is 0.804. The van der Waals surface area contributed by atoms with E-state index >= 15 is 0 Å². The molecule has 0 bridgehead atoms. The van der Waals surface area contributed by atoms with Gasteiger partial charge in [0.05, 0.1) is 25.3 Å². The fraction of sp³-hybridized carbons (Fsp3) is 0.684. The molecule has 28 heavy (non-hydrogen) atoms. The number of morpholine rings is 1. The van der Waals surface area contributed by atoms with E-state index in [1.54, 1.807) is 6.20 Å². The van der Waals surface area contributed by atoms with Crippen molar-refractivity contribution in [2.45, 2.75) is 51.9 Å². The Balaban J connectivity index is 1.45. The van der Waals surface area contributed by atoms with Gasteiger partial charge in [0.2, 0.25) is 5.95 Å². The van der Waals surface area contributed by atoms with Crippen LogP contribution in [0, 0.1) is 12.8 Å². The molecule has 0 aromatic carbocycles. The number of aromatic nitrogens is 5. The van der Waals surface area contributed by atoms with Crippen molar-refractivity contribution < 1.29 is 9.47 Å². The molecule has 9 heteroatoms. The number of ether oxygens (including phenoxy) is 2. The number of nitrogens with zero attached hydrogens (tertiary/aromatic N) is 5. The van der Waals surface area contributed by atoms with E-state index in [2.05, 4.69) is 44.2 Å². The first kappa shape index (κ1) is 19.1. The maximum atomic E-state index is 5.99. The first-order chi connectivity index (χ1) is 13.6. The summed E-state index contributed by atoms with van der Waals surface area (Å²) in [6.07, 6.45) is 3.98. The Hall–Kier alpha value is -2.26. The molecule has 0 saturated carbocycles. The molecule has 4 heterocycles. The van der Waals surface area contributed by atoms with Crippen LogP contribution in [0.3, 0.4) is 0 Å². The average molecular weight is 387 g/mol. The number of hydrogen-bond acceptors (Lipinski definition) is 8. The predicted molar refractivity (Wildman–Crippen MR) is 105 cm³/mol.